The van der Waals surface area contributed by atoms with Gasteiger partial charge in [-0.3, -0.25) is 9.10 Å². The van der Waals surface area contributed by atoms with Crippen LogP contribution in [-0.2, 0) is 21.4 Å². The van der Waals surface area contributed by atoms with E-state index in [1.165, 1.54) is 4.31 Å². The molecule has 2 rings (SSSR count). The van der Waals surface area contributed by atoms with Crippen LogP contribution in [0.5, 0.6) is 0 Å². The van der Waals surface area contributed by atoms with Crippen LogP contribution >= 0.6 is 0 Å². The zero-order valence-corrected chi connectivity index (χ0v) is 16.5. The number of amides is 1. The molecular weight excluding hydrogens is 348 g/mol. The van der Waals surface area contributed by atoms with E-state index in [0.717, 1.165) is 22.9 Å². The molecule has 0 spiro atoms. The van der Waals surface area contributed by atoms with Gasteiger partial charge in [-0.25, -0.2) is 8.42 Å². The van der Waals surface area contributed by atoms with Gasteiger partial charge in [-0.15, -0.1) is 0 Å². The summed E-state index contributed by atoms with van der Waals surface area (Å²) >= 11 is 0. The van der Waals surface area contributed by atoms with E-state index in [1.54, 1.807) is 18.2 Å². The zero-order chi connectivity index (χ0) is 19.3. The Hall–Kier alpha value is -2.34. The second-order valence-electron chi connectivity index (χ2n) is 6.47. The minimum atomic E-state index is -3.61. The third-order valence-electron chi connectivity index (χ3n) is 4.30. The average Bonchev–Trinajstić information content (AvgIpc) is 2.57. The van der Waals surface area contributed by atoms with E-state index in [-0.39, 0.29) is 5.91 Å². The summed E-state index contributed by atoms with van der Waals surface area (Å²) in [4.78, 5) is 12.8. The first kappa shape index (κ1) is 20.0. The van der Waals surface area contributed by atoms with Crippen molar-refractivity contribution in [1.29, 1.82) is 0 Å². The molecule has 2 aromatic rings. The maximum atomic E-state index is 12.8. The van der Waals surface area contributed by atoms with Crippen molar-refractivity contribution in [2.45, 2.75) is 39.8 Å². The van der Waals surface area contributed by atoms with Crippen LogP contribution in [-0.4, -0.2) is 26.6 Å². The minimum Gasteiger partial charge on any atom is -0.350 e. The highest BCUT2D eigenvalue weighted by Gasteiger charge is 2.31. The minimum absolute atomic E-state index is 0.303. The summed E-state index contributed by atoms with van der Waals surface area (Å²) in [6, 6.07) is 14.2. The van der Waals surface area contributed by atoms with Crippen molar-refractivity contribution in [3.8, 4) is 0 Å². The fourth-order valence-corrected chi connectivity index (χ4v) is 4.14. The predicted molar refractivity (Wildman–Crippen MR) is 106 cm³/mol. The van der Waals surface area contributed by atoms with E-state index in [9.17, 15) is 13.2 Å². The van der Waals surface area contributed by atoms with Crippen LogP contribution in [0, 0.1) is 13.8 Å². The van der Waals surface area contributed by atoms with Gasteiger partial charge in [-0.1, -0.05) is 43.3 Å². The fourth-order valence-electron chi connectivity index (χ4n) is 2.93. The number of benzene rings is 2. The number of anilines is 1. The van der Waals surface area contributed by atoms with Gasteiger partial charge in [0.15, 0.2) is 0 Å². The van der Waals surface area contributed by atoms with Crippen LogP contribution in [0.2, 0.25) is 0 Å². The van der Waals surface area contributed by atoms with Gasteiger partial charge in [-0.2, -0.15) is 0 Å². The third kappa shape index (κ3) is 4.85. The summed E-state index contributed by atoms with van der Waals surface area (Å²) in [5.41, 5.74) is 3.54. The van der Waals surface area contributed by atoms with E-state index >= 15 is 0 Å². The molecule has 0 saturated heterocycles. The van der Waals surface area contributed by atoms with E-state index in [1.807, 2.05) is 51.1 Å². The smallest absolute Gasteiger partial charge is 0.244 e. The van der Waals surface area contributed by atoms with Gasteiger partial charge in [0.2, 0.25) is 15.9 Å². The number of nitrogens with one attached hydrogen (secondary N) is 1. The lowest BCUT2D eigenvalue weighted by Crippen LogP contribution is -2.49. The number of hydrogen-bond donors (Lipinski definition) is 1. The largest absolute Gasteiger partial charge is 0.350 e. The predicted octanol–water partition coefficient (Wildman–Crippen LogP) is 3.16. The molecule has 0 bridgehead atoms. The second-order valence-corrected chi connectivity index (χ2v) is 8.33. The van der Waals surface area contributed by atoms with Gasteiger partial charge in [0.1, 0.15) is 6.04 Å². The molecule has 0 aromatic heterocycles. The van der Waals surface area contributed by atoms with Crippen molar-refractivity contribution < 1.29 is 13.2 Å². The zero-order valence-electron chi connectivity index (χ0n) is 15.7. The van der Waals surface area contributed by atoms with Crippen molar-refractivity contribution in [2.24, 2.45) is 0 Å². The quantitative estimate of drug-likeness (QED) is 0.809. The molecule has 140 valence electrons. The van der Waals surface area contributed by atoms with Crippen molar-refractivity contribution in [3.05, 3.63) is 65.2 Å². The van der Waals surface area contributed by atoms with E-state index in [0.29, 0.717) is 18.7 Å². The molecule has 1 amide bonds. The average molecular weight is 375 g/mol. The molecule has 2 aromatic carbocycles. The molecule has 0 aliphatic rings. The number of hydrogen-bond acceptors (Lipinski definition) is 3. The van der Waals surface area contributed by atoms with Gasteiger partial charge in [0.25, 0.3) is 0 Å². The number of aryl methyl sites for hydroxylation is 2. The Morgan fingerprint density at radius 2 is 1.81 bits per heavy atom. The molecule has 1 atom stereocenters. The van der Waals surface area contributed by atoms with Crippen LogP contribution in [0.25, 0.3) is 0 Å². The Bertz CT molecular complexity index is 878. The number of nitrogens with zero attached hydrogens (tertiary/aromatic N) is 1. The molecule has 26 heavy (non-hydrogen) atoms. The van der Waals surface area contributed by atoms with Gasteiger partial charge in [0.05, 0.1) is 11.9 Å². The molecule has 6 heteroatoms. The molecule has 1 N–H and O–H groups in total. The molecule has 0 fully saturated rings. The number of rotatable bonds is 7. The summed E-state index contributed by atoms with van der Waals surface area (Å²) in [5.74, 6) is -0.303. The summed E-state index contributed by atoms with van der Waals surface area (Å²) < 4.78 is 26.1. The highest BCUT2D eigenvalue weighted by molar-refractivity contribution is 7.92. The molecular formula is C20H26N2O3S. The first-order valence-corrected chi connectivity index (χ1v) is 10.5. The first-order valence-electron chi connectivity index (χ1n) is 8.62. The SMILES string of the molecule is CCC(C(=O)NCc1ccccc1C)N(c1cccc(C)c1)S(C)(=O)=O. The summed E-state index contributed by atoms with van der Waals surface area (Å²) in [6.07, 6.45) is 1.51. The molecule has 0 saturated carbocycles. The molecule has 0 heterocycles. The van der Waals surface area contributed by atoms with Crippen LogP contribution in [0.4, 0.5) is 5.69 Å². The Kier molecular flexibility index (Phi) is 6.42. The lowest BCUT2D eigenvalue weighted by molar-refractivity contribution is -0.122. The molecule has 0 aliphatic heterocycles. The van der Waals surface area contributed by atoms with Crippen molar-refractivity contribution >= 4 is 21.6 Å². The number of carbonyl (C=O) groups is 1. The lowest BCUT2D eigenvalue weighted by atomic mass is 10.1. The Morgan fingerprint density at radius 3 is 2.38 bits per heavy atom. The summed E-state index contributed by atoms with van der Waals surface area (Å²) in [5, 5.41) is 2.88. The fraction of sp³-hybridized carbons (Fsp3) is 0.350. The molecule has 1 unspecified atom stereocenters. The van der Waals surface area contributed by atoms with Crippen LogP contribution in [0.3, 0.4) is 0 Å². The third-order valence-corrected chi connectivity index (χ3v) is 5.48. The molecule has 0 aliphatic carbocycles. The number of sulfonamides is 1. The van der Waals surface area contributed by atoms with Crippen LogP contribution < -0.4 is 9.62 Å². The van der Waals surface area contributed by atoms with Gasteiger partial charge < -0.3 is 5.32 Å². The second kappa shape index (κ2) is 8.36. The van der Waals surface area contributed by atoms with Gasteiger partial charge in [0, 0.05) is 6.54 Å². The highest BCUT2D eigenvalue weighted by atomic mass is 32.2. The standard InChI is InChI=1S/C20H26N2O3S/c1-5-19(20(23)21-14-17-11-7-6-10-16(17)3)22(26(4,24)25)18-12-8-9-15(2)13-18/h6-13,19H,5,14H2,1-4H3,(H,21,23). The normalized spacial score (nSPS) is 12.5. The van der Waals surface area contributed by atoms with Crippen LogP contribution in [0.1, 0.15) is 30.0 Å². The van der Waals surface area contributed by atoms with Crippen LogP contribution in [0.15, 0.2) is 48.5 Å². The Morgan fingerprint density at radius 1 is 1.12 bits per heavy atom. The van der Waals surface area contributed by atoms with Gasteiger partial charge in [-0.05, 0) is 49.1 Å². The lowest BCUT2D eigenvalue weighted by Gasteiger charge is -2.30. The van der Waals surface area contributed by atoms with Gasteiger partial charge >= 0.3 is 0 Å². The highest BCUT2D eigenvalue weighted by Crippen LogP contribution is 2.23. The van der Waals surface area contributed by atoms with Crippen molar-refractivity contribution in [3.63, 3.8) is 0 Å². The van der Waals surface area contributed by atoms with Crippen molar-refractivity contribution in [1.82, 2.24) is 5.32 Å². The topological polar surface area (TPSA) is 66.5 Å². The number of carbonyl (C=O) groups excluding carboxylic acids is 1. The van der Waals surface area contributed by atoms with E-state index in [4.69, 9.17) is 0 Å². The Balaban J connectivity index is 2.27. The monoisotopic (exact) mass is 374 g/mol. The summed E-state index contributed by atoms with van der Waals surface area (Å²) in [6.45, 7) is 6.05. The first-order chi connectivity index (χ1) is 12.2. The summed E-state index contributed by atoms with van der Waals surface area (Å²) in [7, 11) is -3.61. The maximum Gasteiger partial charge on any atom is 0.244 e. The maximum absolute atomic E-state index is 12.8. The Labute approximate surface area is 156 Å². The van der Waals surface area contributed by atoms with E-state index < -0.39 is 16.1 Å². The van der Waals surface area contributed by atoms with Crippen molar-refractivity contribution in [2.75, 3.05) is 10.6 Å². The van der Waals surface area contributed by atoms with E-state index in [2.05, 4.69) is 5.32 Å². The molecule has 0 radical (unpaired) electrons. The molecule has 5 nitrogen and oxygen atoms in total.